The molecule has 0 spiro atoms. The molecule has 1 atom stereocenters. The largest absolute Gasteiger partial charge is 0.497 e. The van der Waals surface area contributed by atoms with Crippen LogP contribution in [0.5, 0.6) is 11.5 Å². The van der Waals surface area contributed by atoms with E-state index in [2.05, 4.69) is 12.2 Å². The lowest BCUT2D eigenvalue weighted by atomic mass is 10.2. The lowest BCUT2D eigenvalue weighted by Gasteiger charge is -2.11. The maximum Gasteiger partial charge on any atom is 0.119 e. The minimum absolute atomic E-state index is 0.232. The smallest absolute Gasteiger partial charge is 0.119 e. The number of nitrogens with one attached hydrogen (secondary N) is 1. The van der Waals surface area contributed by atoms with Crippen LogP contribution in [0.3, 0.4) is 0 Å². The Labute approximate surface area is 103 Å². The van der Waals surface area contributed by atoms with E-state index in [4.69, 9.17) is 15.2 Å². The average molecular weight is 238 g/mol. The summed E-state index contributed by atoms with van der Waals surface area (Å²) in [7, 11) is 1.65. The summed E-state index contributed by atoms with van der Waals surface area (Å²) in [4.78, 5) is 0. The molecule has 0 aliphatic heterocycles. The summed E-state index contributed by atoms with van der Waals surface area (Å²) in [5.41, 5.74) is 5.78. The van der Waals surface area contributed by atoms with Gasteiger partial charge in [0.2, 0.25) is 0 Å². The Morgan fingerprint density at radius 1 is 1.24 bits per heavy atom. The summed E-state index contributed by atoms with van der Waals surface area (Å²) in [6, 6.07) is 7.80. The number of hydrogen-bond acceptors (Lipinski definition) is 4. The third kappa shape index (κ3) is 5.56. The third-order valence-corrected chi connectivity index (χ3v) is 2.54. The molecule has 0 bridgehead atoms. The number of hydrogen-bond donors (Lipinski definition) is 2. The Hall–Kier alpha value is -1.26. The zero-order valence-corrected chi connectivity index (χ0v) is 10.6. The molecule has 17 heavy (non-hydrogen) atoms. The van der Waals surface area contributed by atoms with E-state index in [0.717, 1.165) is 31.0 Å². The molecule has 4 heteroatoms. The van der Waals surface area contributed by atoms with Crippen molar-refractivity contribution in [2.45, 2.75) is 19.4 Å². The third-order valence-electron chi connectivity index (χ3n) is 2.54. The highest BCUT2D eigenvalue weighted by molar-refractivity contribution is 5.31. The van der Waals surface area contributed by atoms with E-state index in [9.17, 15) is 0 Å². The Morgan fingerprint density at radius 2 is 1.88 bits per heavy atom. The molecule has 0 aliphatic carbocycles. The summed E-state index contributed by atoms with van der Waals surface area (Å²) in [5.74, 6) is 1.69. The molecule has 0 saturated carbocycles. The van der Waals surface area contributed by atoms with Crippen LogP contribution >= 0.6 is 0 Å². The predicted octanol–water partition coefficient (Wildman–Crippen LogP) is 1.40. The van der Waals surface area contributed by atoms with Crippen molar-refractivity contribution in [1.29, 1.82) is 0 Å². The van der Waals surface area contributed by atoms with Gasteiger partial charge in [0.25, 0.3) is 0 Å². The Kier molecular flexibility index (Phi) is 6.43. The molecule has 0 aromatic heterocycles. The van der Waals surface area contributed by atoms with Crippen molar-refractivity contribution in [1.82, 2.24) is 5.32 Å². The average Bonchev–Trinajstić information content (AvgIpc) is 2.38. The predicted molar refractivity (Wildman–Crippen MR) is 69.6 cm³/mol. The highest BCUT2D eigenvalue weighted by Gasteiger charge is 1.98. The second kappa shape index (κ2) is 7.92. The van der Waals surface area contributed by atoms with Crippen LogP contribution in [0.1, 0.15) is 13.3 Å². The van der Waals surface area contributed by atoms with Gasteiger partial charge in [-0.2, -0.15) is 0 Å². The molecule has 0 fully saturated rings. The van der Waals surface area contributed by atoms with Gasteiger partial charge in [0, 0.05) is 19.1 Å². The van der Waals surface area contributed by atoms with Gasteiger partial charge >= 0.3 is 0 Å². The van der Waals surface area contributed by atoms with Gasteiger partial charge < -0.3 is 20.5 Å². The zero-order chi connectivity index (χ0) is 12.5. The van der Waals surface area contributed by atoms with Crippen molar-refractivity contribution in [2.75, 3.05) is 26.8 Å². The van der Waals surface area contributed by atoms with Crippen molar-refractivity contribution in [3.8, 4) is 11.5 Å². The number of ether oxygens (including phenoxy) is 2. The van der Waals surface area contributed by atoms with Crippen LogP contribution in [0, 0.1) is 0 Å². The topological polar surface area (TPSA) is 56.5 Å². The maximum absolute atomic E-state index is 5.78. The normalized spacial score (nSPS) is 12.2. The van der Waals surface area contributed by atoms with Crippen LogP contribution in [0.4, 0.5) is 0 Å². The molecular weight excluding hydrogens is 216 g/mol. The molecule has 0 heterocycles. The first-order valence-electron chi connectivity index (χ1n) is 5.99. The standard InChI is InChI=1S/C13H22N2O2/c1-3-11(14)10-15-8-9-17-13-6-4-12(16-2)5-7-13/h4-7,11,15H,3,8-10,14H2,1-2H3. The number of rotatable bonds is 8. The van der Waals surface area contributed by atoms with Crippen molar-refractivity contribution in [3.63, 3.8) is 0 Å². The Morgan fingerprint density at radius 3 is 2.47 bits per heavy atom. The highest BCUT2D eigenvalue weighted by atomic mass is 16.5. The fraction of sp³-hybridized carbons (Fsp3) is 0.538. The summed E-state index contributed by atoms with van der Waals surface area (Å²) in [6.45, 7) is 4.37. The lowest BCUT2D eigenvalue weighted by molar-refractivity contribution is 0.311. The van der Waals surface area contributed by atoms with Gasteiger partial charge in [0.15, 0.2) is 0 Å². The van der Waals surface area contributed by atoms with E-state index in [1.54, 1.807) is 7.11 Å². The summed E-state index contributed by atoms with van der Waals surface area (Å²) in [5, 5.41) is 3.25. The summed E-state index contributed by atoms with van der Waals surface area (Å²) >= 11 is 0. The van der Waals surface area contributed by atoms with Gasteiger partial charge in [0.05, 0.1) is 7.11 Å². The summed E-state index contributed by atoms with van der Waals surface area (Å²) in [6.07, 6.45) is 0.992. The fourth-order valence-electron chi connectivity index (χ4n) is 1.34. The molecule has 0 radical (unpaired) electrons. The van der Waals surface area contributed by atoms with E-state index < -0.39 is 0 Å². The SMILES string of the molecule is CCC(N)CNCCOc1ccc(OC)cc1. The van der Waals surface area contributed by atoms with E-state index in [0.29, 0.717) is 6.61 Å². The first kappa shape index (κ1) is 13.8. The number of benzene rings is 1. The molecule has 1 unspecified atom stereocenters. The van der Waals surface area contributed by atoms with Crippen molar-refractivity contribution in [3.05, 3.63) is 24.3 Å². The van der Waals surface area contributed by atoms with Gasteiger partial charge in [0.1, 0.15) is 18.1 Å². The quantitative estimate of drug-likeness (QED) is 0.672. The van der Waals surface area contributed by atoms with Gasteiger partial charge in [-0.3, -0.25) is 0 Å². The van der Waals surface area contributed by atoms with Crippen molar-refractivity contribution in [2.24, 2.45) is 5.73 Å². The van der Waals surface area contributed by atoms with Crippen LogP contribution in [-0.4, -0.2) is 32.8 Å². The van der Waals surface area contributed by atoms with E-state index >= 15 is 0 Å². The maximum atomic E-state index is 5.78. The molecule has 1 rings (SSSR count). The van der Waals surface area contributed by atoms with Gasteiger partial charge in [-0.15, -0.1) is 0 Å². The van der Waals surface area contributed by atoms with Crippen LogP contribution in [0.2, 0.25) is 0 Å². The highest BCUT2D eigenvalue weighted by Crippen LogP contribution is 2.16. The molecule has 1 aromatic carbocycles. The minimum Gasteiger partial charge on any atom is -0.497 e. The number of nitrogens with two attached hydrogens (primary N) is 1. The Balaban J connectivity index is 2.13. The zero-order valence-electron chi connectivity index (χ0n) is 10.6. The van der Waals surface area contributed by atoms with Crippen molar-refractivity contribution >= 4 is 0 Å². The van der Waals surface area contributed by atoms with E-state index in [-0.39, 0.29) is 6.04 Å². The summed E-state index contributed by atoms with van der Waals surface area (Å²) < 4.78 is 10.6. The first-order valence-corrected chi connectivity index (χ1v) is 5.99. The van der Waals surface area contributed by atoms with Gasteiger partial charge in [-0.1, -0.05) is 6.92 Å². The van der Waals surface area contributed by atoms with Crippen LogP contribution in [0.15, 0.2) is 24.3 Å². The van der Waals surface area contributed by atoms with Gasteiger partial charge in [-0.25, -0.2) is 0 Å². The molecule has 0 aliphatic rings. The van der Waals surface area contributed by atoms with Gasteiger partial charge in [-0.05, 0) is 30.7 Å². The van der Waals surface area contributed by atoms with Crippen LogP contribution < -0.4 is 20.5 Å². The van der Waals surface area contributed by atoms with Crippen molar-refractivity contribution < 1.29 is 9.47 Å². The lowest BCUT2D eigenvalue weighted by Crippen LogP contribution is -2.35. The molecule has 1 aromatic rings. The second-order valence-corrected chi connectivity index (χ2v) is 3.90. The monoisotopic (exact) mass is 238 g/mol. The molecular formula is C13H22N2O2. The van der Waals surface area contributed by atoms with Crippen LogP contribution in [0.25, 0.3) is 0 Å². The molecule has 0 amide bonds. The Bertz CT molecular complexity index is 301. The van der Waals surface area contributed by atoms with E-state index in [1.807, 2.05) is 24.3 Å². The minimum atomic E-state index is 0.232. The molecule has 4 nitrogen and oxygen atoms in total. The van der Waals surface area contributed by atoms with Crippen LogP contribution in [-0.2, 0) is 0 Å². The molecule has 96 valence electrons. The second-order valence-electron chi connectivity index (χ2n) is 3.90. The first-order chi connectivity index (χ1) is 8.26. The van der Waals surface area contributed by atoms with E-state index in [1.165, 1.54) is 0 Å². The molecule has 3 N–H and O–H groups in total. The number of methoxy groups -OCH3 is 1. The molecule has 0 saturated heterocycles. The fourth-order valence-corrected chi connectivity index (χ4v) is 1.34.